The van der Waals surface area contributed by atoms with Crippen LogP contribution in [0.2, 0.25) is 0 Å². The molecular weight excluding hydrogens is 236 g/mol. The van der Waals surface area contributed by atoms with Gasteiger partial charge in [0.15, 0.2) is 0 Å². The summed E-state index contributed by atoms with van der Waals surface area (Å²) in [6.45, 7) is 1.77. The third-order valence-corrected chi connectivity index (χ3v) is 2.38. The number of amides is 1. The molecule has 0 aromatic carbocycles. The van der Waals surface area contributed by atoms with Gasteiger partial charge in [-0.25, -0.2) is 4.98 Å². The van der Waals surface area contributed by atoms with Crippen LogP contribution in [0.1, 0.15) is 16.9 Å². The highest BCUT2D eigenvalue weighted by Gasteiger charge is 2.05. The molecule has 0 unspecified atom stereocenters. The van der Waals surface area contributed by atoms with Crippen LogP contribution in [0.25, 0.3) is 0 Å². The lowest BCUT2D eigenvalue weighted by molar-refractivity contribution is 0.0940. The van der Waals surface area contributed by atoms with Crippen molar-refractivity contribution in [3.05, 3.63) is 16.6 Å². The predicted molar refractivity (Wildman–Crippen MR) is 60.6 cm³/mol. The summed E-state index contributed by atoms with van der Waals surface area (Å²) < 4.78 is 5.16. The van der Waals surface area contributed by atoms with E-state index in [1.165, 1.54) is 11.3 Å². The molecule has 0 aliphatic rings. The molecule has 1 heterocycles. The zero-order chi connectivity index (χ0) is 10.9. The van der Waals surface area contributed by atoms with Crippen molar-refractivity contribution in [3.63, 3.8) is 0 Å². The van der Waals surface area contributed by atoms with Gasteiger partial charge in [-0.2, -0.15) is 0 Å². The number of carbonyl (C=O) groups excluding carboxylic acids is 1. The van der Waals surface area contributed by atoms with Gasteiger partial charge in [0.25, 0.3) is 5.91 Å². The third kappa shape index (κ3) is 5.11. The predicted octanol–water partition coefficient (Wildman–Crippen LogP) is 1.52. The second kappa shape index (κ2) is 7.62. The average Bonchev–Trinajstić information content (AvgIpc) is 2.76. The van der Waals surface area contributed by atoms with Gasteiger partial charge in [0.2, 0.25) is 0 Å². The highest BCUT2D eigenvalue weighted by molar-refractivity contribution is 7.07. The molecule has 1 amide bonds. The van der Waals surface area contributed by atoms with Crippen molar-refractivity contribution in [3.8, 4) is 0 Å². The first-order chi connectivity index (χ1) is 7.34. The summed E-state index contributed by atoms with van der Waals surface area (Å²) in [5, 5.41) is 4.48. The quantitative estimate of drug-likeness (QED) is 0.588. The fourth-order valence-electron chi connectivity index (χ4n) is 0.948. The third-order valence-electron chi connectivity index (χ3n) is 1.64. The fourth-order valence-corrected chi connectivity index (χ4v) is 1.59. The summed E-state index contributed by atoms with van der Waals surface area (Å²) in [6, 6.07) is 0. The summed E-state index contributed by atoms with van der Waals surface area (Å²) in [5.41, 5.74) is 2.11. The molecule has 0 saturated carbocycles. The first-order valence-electron chi connectivity index (χ1n) is 4.64. The number of rotatable bonds is 7. The van der Waals surface area contributed by atoms with Crippen LogP contribution in [0.4, 0.5) is 0 Å². The van der Waals surface area contributed by atoms with Crippen molar-refractivity contribution in [1.82, 2.24) is 10.3 Å². The van der Waals surface area contributed by atoms with E-state index in [-0.39, 0.29) is 5.91 Å². The summed E-state index contributed by atoms with van der Waals surface area (Å²) in [4.78, 5) is 15.3. The standard InChI is InChI=1S/C9H13ClN2O2S/c10-2-5-14-4-1-3-11-9(13)8-6-15-7-12-8/h6-7H,1-5H2,(H,11,13). The van der Waals surface area contributed by atoms with Crippen molar-refractivity contribution >= 4 is 28.8 Å². The molecule has 0 aliphatic carbocycles. The van der Waals surface area contributed by atoms with Gasteiger partial charge >= 0.3 is 0 Å². The molecule has 84 valence electrons. The molecule has 1 rings (SSSR count). The monoisotopic (exact) mass is 248 g/mol. The highest BCUT2D eigenvalue weighted by atomic mass is 35.5. The SMILES string of the molecule is O=C(NCCCOCCCl)c1cscn1. The maximum absolute atomic E-state index is 11.4. The lowest BCUT2D eigenvalue weighted by Crippen LogP contribution is -2.25. The Morgan fingerprint density at radius 3 is 3.13 bits per heavy atom. The number of halogens is 1. The first kappa shape index (κ1) is 12.4. The van der Waals surface area contributed by atoms with E-state index in [2.05, 4.69) is 10.3 Å². The summed E-state index contributed by atoms with van der Waals surface area (Å²) in [5.74, 6) is 0.374. The number of alkyl halides is 1. The average molecular weight is 249 g/mol. The van der Waals surface area contributed by atoms with Crippen molar-refractivity contribution in [2.24, 2.45) is 0 Å². The van der Waals surface area contributed by atoms with E-state index < -0.39 is 0 Å². The lowest BCUT2D eigenvalue weighted by atomic mass is 10.4. The largest absolute Gasteiger partial charge is 0.380 e. The number of ether oxygens (including phenoxy) is 1. The number of thiazole rings is 1. The Hall–Kier alpha value is -0.650. The van der Waals surface area contributed by atoms with E-state index in [1.54, 1.807) is 10.9 Å². The Morgan fingerprint density at radius 2 is 2.47 bits per heavy atom. The molecule has 0 radical (unpaired) electrons. The van der Waals surface area contributed by atoms with Gasteiger partial charge in [-0.05, 0) is 6.42 Å². The Morgan fingerprint density at radius 1 is 1.60 bits per heavy atom. The minimum absolute atomic E-state index is 0.131. The van der Waals surface area contributed by atoms with Crippen LogP contribution < -0.4 is 5.32 Å². The van der Waals surface area contributed by atoms with Crippen LogP contribution in [0.5, 0.6) is 0 Å². The molecule has 0 aliphatic heterocycles. The minimum Gasteiger partial charge on any atom is -0.380 e. The fraction of sp³-hybridized carbons (Fsp3) is 0.556. The van der Waals surface area contributed by atoms with Crippen LogP contribution in [-0.4, -0.2) is 36.5 Å². The maximum Gasteiger partial charge on any atom is 0.270 e. The highest BCUT2D eigenvalue weighted by Crippen LogP contribution is 1.99. The van der Waals surface area contributed by atoms with Crippen LogP contribution in [0.3, 0.4) is 0 Å². The van der Waals surface area contributed by atoms with Crippen LogP contribution >= 0.6 is 22.9 Å². The van der Waals surface area contributed by atoms with E-state index in [4.69, 9.17) is 16.3 Å². The second-order valence-corrected chi connectivity index (χ2v) is 3.88. The molecule has 0 bridgehead atoms. The van der Waals surface area contributed by atoms with Crippen molar-refractivity contribution in [2.45, 2.75) is 6.42 Å². The Labute approximate surface area is 97.6 Å². The zero-order valence-electron chi connectivity index (χ0n) is 8.24. The molecule has 6 heteroatoms. The Kier molecular flexibility index (Phi) is 6.31. The van der Waals surface area contributed by atoms with E-state index in [0.29, 0.717) is 31.3 Å². The van der Waals surface area contributed by atoms with Crippen molar-refractivity contribution in [2.75, 3.05) is 25.6 Å². The van der Waals surface area contributed by atoms with Gasteiger partial charge in [-0.3, -0.25) is 4.79 Å². The number of nitrogens with one attached hydrogen (secondary N) is 1. The van der Waals surface area contributed by atoms with Gasteiger partial charge in [0.1, 0.15) is 5.69 Å². The van der Waals surface area contributed by atoms with Gasteiger partial charge in [-0.15, -0.1) is 22.9 Å². The van der Waals surface area contributed by atoms with Gasteiger partial charge in [0.05, 0.1) is 12.1 Å². The van der Waals surface area contributed by atoms with Crippen LogP contribution in [0, 0.1) is 0 Å². The number of aromatic nitrogens is 1. The van der Waals surface area contributed by atoms with Gasteiger partial charge in [0, 0.05) is 24.4 Å². The molecule has 0 fully saturated rings. The molecular formula is C9H13ClN2O2S. The summed E-state index contributed by atoms with van der Waals surface area (Å²) >= 11 is 6.84. The molecule has 0 spiro atoms. The number of carbonyl (C=O) groups is 1. The zero-order valence-corrected chi connectivity index (χ0v) is 9.81. The first-order valence-corrected chi connectivity index (χ1v) is 6.12. The van der Waals surface area contributed by atoms with Crippen molar-refractivity contribution < 1.29 is 9.53 Å². The smallest absolute Gasteiger partial charge is 0.270 e. The van der Waals surface area contributed by atoms with E-state index in [0.717, 1.165) is 6.42 Å². The number of nitrogens with zero attached hydrogens (tertiary/aromatic N) is 1. The topological polar surface area (TPSA) is 51.2 Å². The molecule has 15 heavy (non-hydrogen) atoms. The second-order valence-electron chi connectivity index (χ2n) is 2.78. The summed E-state index contributed by atoms with van der Waals surface area (Å²) in [6.07, 6.45) is 0.784. The van der Waals surface area contributed by atoms with E-state index in [9.17, 15) is 4.79 Å². The molecule has 1 aromatic rings. The van der Waals surface area contributed by atoms with Crippen LogP contribution in [-0.2, 0) is 4.74 Å². The van der Waals surface area contributed by atoms with E-state index >= 15 is 0 Å². The summed E-state index contributed by atoms with van der Waals surface area (Å²) in [7, 11) is 0. The molecule has 4 nitrogen and oxygen atoms in total. The number of hydrogen-bond donors (Lipinski definition) is 1. The van der Waals surface area contributed by atoms with E-state index in [1.807, 2.05) is 0 Å². The molecule has 0 atom stereocenters. The molecule has 0 saturated heterocycles. The van der Waals surface area contributed by atoms with Gasteiger partial charge < -0.3 is 10.1 Å². The maximum atomic E-state index is 11.4. The van der Waals surface area contributed by atoms with Crippen LogP contribution in [0.15, 0.2) is 10.9 Å². The molecule has 1 N–H and O–H groups in total. The van der Waals surface area contributed by atoms with Gasteiger partial charge in [-0.1, -0.05) is 0 Å². The molecule has 1 aromatic heterocycles. The minimum atomic E-state index is -0.131. The Balaban J connectivity index is 2.03. The lowest BCUT2D eigenvalue weighted by Gasteiger charge is -2.03. The Bertz CT molecular complexity index is 280. The number of hydrogen-bond acceptors (Lipinski definition) is 4. The normalized spacial score (nSPS) is 10.2. The van der Waals surface area contributed by atoms with Crippen molar-refractivity contribution in [1.29, 1.82) is 0 Å².